The van der Waals surface area contributed by atoms with Crippen LogP contribution in [0.1, 0.15) is 44.0 Å². The van der Waals surface area contributed by atoms with Crippen LogP contribution in [0.25, 0.3) is 10.9 Å². The van der Waals surface area contributed by atoms with Crippen molar-refractivity contribution in [2.45, 2.75) is 39.7 Å². The Morgan fingerprint density at radius 3 is 2.75 bits per heavy atom. The third-order valence-electron chi connectivity index (χ3n) is 4.53. The van der Waals surface area contributed by atoms with Gasteiger partial charge in [0.15, 0.2) is 0 Å². The smallest absolute Gasteiger partial charge is 0.0705 e. The minimum Gasteiger partial charge on any atom is -0.310 e. The van der Waals surface area contributed by atoms with Crippen molar-refractivity contribution in [3.8, 4) is 0 Å². The van der Waals surface area contributed by atoms with Crippen molar-refractivity contribution < 1.29 is 0 Å². The first kappa shape index (κ1) is 13.6. The molecular weight excluding hydrogens is 244 g/mol. The first-order valence-corrected chi connectivity index (χ1v) is 7.79. The molecule has 106 valence electrons. The van der Waals surface area contributed by atoms with Gasteiger partial charge in [-0.15, -0.1) is 0 Å². The Balaban J connectivity index is 1.95. The Bertz CT molecular complexity index is 601. The van der Waals surface area contributed by atoms with E-state index in [-0.39, 0.29) is 0 Å². The van der Waals surface area contributed by atoms with Crippen molar-refractivity contribution >= 4 is 10.9 Å². The zero-order chi connectivity index (χ0) is 14.1. The van der Waals surface area contributed by atoms with Crippen molar-refractivity contribution in [2.75, 3.05) is 6.54 Å². The topological polar surface area (TPSA) is 24.9 Å². The number of aromatic nitrogens is 1. The lowest BCUT2D eigenvalue weighted by Gasteiger charge is -2.25. The van der Waals surface area contributed by atoms with E-state index in [2.05, 4.69) is 54.5 Å². The number of hydrogen-bond acceptors (Lipinski definition) is 2. The van der Waals surface area contributed by atoms with Gasteiger partial charge in [0.1, 0.15) is 0 Å². The SMILES string of the molecule is CCNC(c1ccc2nc(C)ccc2c1)C(C)C1CC1. The highest BCUT2D eigenvalue weighted by Gasteiger charge is 2.33. The average Bonchev–Trinajstić information content (AvgIpc) is 3.28. The van der Waals surface area contributed by atoms with Crippen LogP contribution in [0.5, 0.6) is 0 Å². The molecule has 1 saturated carbocycles. The van der Waals surface area contributed by atoms with E-state index < -0.39 is 0 Å². The van der Waals surface area contributed by atoms with Gasteiger partial charge in [-0.2, -0.15) is 0 Å². The molecule has 2 nitrogen and oxygen atoms in total. The maximum absolute atomic E-state index is 4.59. The van der Waals surface area contributed by atoms with E-state index in [4.69, 9.17) is 0 Å². The molecule has 0 saturated heterocycles. The second-order valence-corrected chi connectivity index (χ2v) is 6.14. The summed E-state index contributed by atoms with van der Waals surface area (Å²) in [6.07, 6.45) is 2.80. The molecule has 1 N–H and O–H groups in total. The van der Waals surface area contributed by atoms with Gasteiger partial charge >= 0.3 is 0 Å². The summed E-state index contributed by atoms with van der Waals surface area (Å²) in [4.78, 5) is 4.59. The van der Waals surface area contributed by atoms with E-state index >= 15 is 0 Å². The summed E-state index contributed by atoms with van der Waals surface area (Å²) in [5, 5.41) is 4.92. The fourth-order valence-electron chi connectivity index (χ4n) is 3.16. The fourth-order valence-corrected chi connectivity index (χ4v) is 3.16. The molecule has 2 heteroatoms. The zero-order valence-electron chi connectivity index (χ0n) is 12.7. The predicted octanol–water partition coefficient (Wildman–Crippen LogP) is 4.24. The van der Waals surface area contributed by atoms with Crippen LogP contribution in [0.4, 0.5) is 0 Å². The van der Waals surface area contributed by atoms with Crippen molar-refractivity contribution in [1.82, 2.24) is 10.3 Å². The molecule has 1 aliphatic rings. The molecule has 1 aliphatic carbocycles. The number of pyridine rings is 1. The third kappa shape index (κ3) is 2.71. The molecule has 1 fully saturated rings. The van der Waals surface area contributed by atoms with Crippen molar-refractivity contribution in [1.29, 1.82) is 0 Å². The zero-order valence-corrected chi connectivity index (χ0v) is 12.7. The van der Waals surface area contributed by atoms with E-state index in [1.54, 1.807) is 0 Å². The molecule has 1 heterocycles. The molecule has 2 aromatic rings. The summed E-state index contributed by atoms with van der Waals surface area (Å²) >= 11 is 0. The van der Waals surface area contributed by atoms with Gasteiger partial charge in [0.2, 0.25) is 0 Å². The van der Waals surface area contributed by atoms with Crippen LogP contribution in [0, 0.1) is 18.8 Å². The molecular formula is C18H24N2. The summed E-state index contributed by atoms with van der Waals surface area (Å²) < 4.78 is 0. The number of aryl methyl sites for hydroxylation is 1. The molecule has 20 heavy (non-hydrogen) atoms. The minimum absolute atomic E-state index is 0.471. The quantitative estimate of drug-likeness (QED) is 0.877. The number of nitrogens with one attached hydrogen (secondary N) is 1. The lowest BCUT2D eigenvalue weighted by Crippen LogP contribution is -2.27. The highest BCUT2D eigenvalue weighted by molar-refractivity contribution is 5.79. The highest BCUT2D eigenvalue weighted by atomic mass is 14.9. The van der Waals surface area contributed by atoms with Crippen LogP contribution in [0.15, 0.2) is 30.3 Å². The lowest BCUT2D eigenvalue weighted by molar-refractivity contribution is 0.355. The van der Waals surface area contributed by atoms with Gasteiger partial charge in [0.05, 0.1) is 5.52 Å². The van der Waals surface area contributed by atoms with Crippen LogP contribution >= 0.6 is 0 Å². The Morgan fingerprint density at radius 2 is 2.05 bits per heavy atom. The van der Waals surface area contributed by atoms with Gasteiger partial charge in [-0.1, -0.05) is 26.0 Å². The minimum atomic E-state index is 0.471. The van der Waals surface area contributed by atoms with E-state index in [1.165, 1.54) is 23.8 Å². The van der Waals surface area contributed by atoms with Gasteiger partial charge in [0, 0.05) is 17.1 Å². The first-order chi connectivity index (χ1) is 9.69. The number of rotatable bonds is 5. The first-order valence-electron chi connectivity index (χ1n) is 7.79. The van der Waals surface area contributed by atoms with Crippen molar-refractivity contribution in [2.24, 2.45) is 11.8 Å². The monoisotopic (exact) mass is 268 g/mol. The molecule has 0 radical (unpaired) electrons. The van der Waals surface area contributed by atoms with Crippen molar-refractivity contribution in [3.05, 3.63) is 41.6 Å². The maximum Gasteiger partial charge on any atom is 0.0705 e. The van der Waals surface area contributed by atoms with Gasteiger partial charge in [-0.05, 0) is 61.9 Å². The molecule has 3 rings (SSSR count). The van der Waals surface area contributed by atoms with Gasteiger partial charge in [0.25, 0.3) is 0 Å². The Labute approximate surface area is 121 Å². The molecule has 0 spiro atoms. The van der Waals surface area contributed by atoms with Gasteiger partial charge < -0.3 is 5.32 Å². The normalized spacial score (nSPS) is 18.1. The summed E-state index contributed by atoms with van der Waals surface area (Å²) in [6.45, 7) is 7.65. The fraction of sp³-hybridized carbons (Fsp3) is 0.500. The Morgan fingerprint density at radius 1 is 1.25 bits per heavy atom. The van der Waals surface area contributed by atoms with Gasteiger partial charge in [-0.3, -0.25) is 4.98 Å². The number of hydrogen-bond donors (Lipinski definition) is 1. The molecule has 0 aliphatic heterocycles. The van der Waals surface area contributed by atoms with Crippen LogP contribution in [-0.2, 0) is 0 Å². The van der Waals surface area contributed by atoms with Crippen LogP contribution in [0.2, 0.25) is 0 Å². The predicted molar refractivity (Wildman–Crippen MR) is 84.8 cm³/mol. The molecule has 1 aromatic carbocycles. The van der Waals surface area contributed by atoms with E-state index in [9.17, 15) is 0 Å². The number of fused-ring (bicyclic) bond motifs is 1. The second-order valence-electron chi connectivity index (χ2n) is 6.14. The van der Waals surface area contributed by atoms with Gasteiger partial charge in [-0.25, -0.2) is 0 Å². The van der Waals surface area contributed by atoms with E-state index in [0.29, 0.717) is 12.0 Å². The third-order valence-corrected chi connectivity index (χ3v) is 4.53. The van der Waals surface area contributed by atoms with Crippen molar-refractivity contribution in [3.63, 3.8) is 0 Å². The second kappa shape index (κ2) is 5.53. The molecule has 1 aromatic heterocycles. The molecule has 0 amide bonds. The Kier molecular flexibility index (Phi) is 3.75. The van der Waals surface area contributed by atoms with E-state index in [1.807, 2.05) is 6.92 Å². The number of nitrogens with zero attached hydrogens (tertiary/aromatic N) is 1. The highest BCUT2D eigenvalue weighted by Crippen LogP contribution is 2.42. The lowest BCUT2D eigenvalue weighted by atomic mass is 9.90. The maximum atomic E-state index is 4.59. The van der Waals surface area contributed by atoms with Crippen LogP contribution in [0.3, 0.4) is 0 Å². The summed E-state index contributed by atoms with van der Waals surface area (Å²) in [5.74, 6) is 1.62. The van der Waals surface area contributed by atoms with Crippen LogP contribution in [-0.4, -0.2) is 11.5 Å². The largest absolute Gasteiger partial charge is 0.310 e. The number of benzene rings is 1. The Hall–Kier alpha value is -1.41. The summed E-state index contributed by atoms with van der Waals surface area (Å²) in [6, 6.07) is 11.5. The van der Waals surface area contributed by atoms with E-state index in [0.717, 1.165) is 23.7 Å². The van der Waals surface area contributed by atoms with Crippen LogP contribution < -0.4 is 5.32 Å². The standard InChI is InChI=1S/C18H24N2/c1-4-19-18(13(3)14-7-8-14)16-9-10-17-15(11-16)6-5-12(2)20-17/h5-6,9-11,13-14,18-19H,4,7-8H2,1-3H3. The summed E-state index contributed by atoms with van der Waals surface area (Å²) in [7, 11) is 0. The summed E-state index contributed by atoms with van der Waals surface area (Å²) in [5.41, 5.74) is 3.59. The molecule has 0 bridgehead atoms. The average molecular weight is 268 g/mol. The molecule has 2 atom stereocenters. The molecule has 2 unspecified atom stereocenters.